The highest BCUT2D eigenvalue weighted by Gasteiger charge is 2.59. The Balaban J connectivity index is 1.56. The number of ketones is 1. The number of allylic oxidation sites excluding steroid dienone is 3. The molecule has 1 N–H and O–H groups in total. The average Bonchev–Trinajstić information content (AvgIpc) is 2.94. The summed E-state index contributed by atoms with van der Waals surface area (Å²) < 4.78 is 0. The molecule has 28 heavy (non-hydrogen) atoms. The molecule has 0 saturated heterocycles. The minimum Gasteiger partial charge on any atom is -0.389 e. The van der Waals surface area contributed by atoms with E-state index in [0.717, 1.165) is 25.7 Å². The first-order chi connectivity index (χ1) is 13.3. The molecule has 2 saturated carbocycles. The van der Waals surface area contributed by atoms with E-state index in [2.05, 4.69) is 37.9 Å². The lowest BCUT2D eigenvalue weighted by atomic mass is 9.46. The summed E-state index contributed by atoms with van der Waals surface area (Å²) in [6.45, 7) is 7.07. The molecular formula is C25H31NO2. The summed E-state index contributed by atoms with van der Waals surface area (Å²) >= 11 is 0. The second-order valence-electron chi connectivity index (χ2n) is 10.2. The minimum absolute atomic E-state index is 0.0874. The van der Waals surface area contributed by atoms with Crippen LogP contribution in [0.5, 0.6) is 0 Å². The molecule has 4 aliphatic rings. The van der Waals surface area contributed by atoms with Gasteiger partial charge in [-0.3, -0.25) is 9.78 Å². The molecule has 0 aliphatic heterocycles. The lowest BCUT2D eigenvalue weighted by molar-refractivity contribution is -0.123. The van der Waals surface area contributed by atoms with Crippen LogP contribution in [0.25, 0.3) is 5.57 Å². The summed E-state index contributed by atoms with van der Waals surface area (Å²) in [4.78, 5) is 16.4. The van der Waals surface area contributed by atoms with Gasteiger partial charge in [0.15, 0.2) is 0 Å². The Morgan fingerprint density at radius 2 is 2.00 bits per heavy atom. The lowest BCUT2D eigenvalue weighted by Crippen LogP contribution is -2.54. The van der Waals surface area contributed by atoms with Gasteiger partial charge in [-0.05, 0) is 78.4 Å². The fourth-order valence-electron chi connectivity index (χ4n) is 7.49. The molecule has 0 bridgehead atoms. The highest BCUT2D eigenvalue weighted by molar-refractivity contribution is 5.83. The molecule has 0 aromatic carbocycles. The van der Waals surface area contributed by atoms with Crippen molar-refractivity contribution in [1.29, 1.82) is 0 Å². The number of aliphatic hydroxyl groups excluding tert-OH is 1. The smallest absolute Gasteiger partial charge is 0.136 e. The van der Waals surface area contributed by atoms with Crippen molar-refractivity contribution < 1.29 is 9.90 Å². The van der Waals surface area contributed by atoms with E-state index in [0.29, 0.717) is 30.5 Å². The molecule has 1 heterocycles. The number of nitrogens with zero attached hydrogens (tertiary/aromatic N) is 1. The van der Waals surface area contributed by atoms with Crippen LogP contribution < -0.4 is 0 Å². The zero-order chi connectivity index (χ0) is 19.7. The van der Waals surface area contributed by atoms with Crippen molar-refractivity contribution in [2.24, 2.45) is 28.6 Å². The van der Waals surface area contributed by atoms with Crippen LogP contribution in [0.2, 0.25) is 0 Å². The number of fused-ring (bicyclic) bond motifs is 5. The number of hydrogen-bond donors (Lipinski definition) is 1. The maximum atomic E-state index is 12.1. The maximum absolute atomic E-state index is 12.1. The number of carbonyl (C=O) groups excluding carboxylic acids is 1. The van der Waals surface area contributed by atoms with E-state index in [1.165, 1.54) is 22.3 Å². The van der Waals surface area contributed by atoms with Crippen LogP contribution in [0.3, 0.4) is 0 Å². The minimum atomic E-state index is -0.426. The first-order valence-electron chi connectivity index (χ1n) is 10.9. The van der Waals surface area contributed by atoms with Crippen molar-refractivity contribution in [3.8, 4) is 0 Å². The van der Waals surface area contributed by atoms with Gasteiger partial charge in [0.2, 0.25) is 0 Å². The molecule has 3 nitrogen and oxygen atoms in total. The Morgan fingerprint density at radius 1 is 1.18 bits per heavy atom. The van der Waals surface area contributed by atoms with Crippen molar-refractivity contribution in [1.82, 2.24) is 4.98 Å². The van der Waals surface area contributed by atoms with Crippen LogP contribution in [0.15, 0.2) is 41.7 Å². The predicted octanol–water partition coefficient (Wildman–Crippen LogP) is 4.97. The van der Waals surface area contributed by atoms with E-state index >= 15 is 0 Å². The zero-order valence-corrected chi connectivity index (χ0v) is 17.2. The van der Waals surface area contributed by atoms with E-state index in [-0.39, 0.29) is 16.7 Å². The predicted molar refractivity (Wildman–Crippen MR) is 110 cm³/mol. The molecule has 4 aliphatic carbocycles. The molecular weight excluding hydrogens is 346 g/mol. The second kappa shape index (κ2) is 6.13. The quantitative estimate of drug-likeness (QED) is 0.703. The number of carbonyl (C=O) groups is 1. The highest BCUT2D eigenvalue weighted by atomic mass is 16.3. The largest absolute Gasteiger partial charge is 0.389 e. The molecule has 2 fully saturated rings. The fraction of sp³-hybridized carbons (Fsp3) is 0.600. The third-order valence-corrected chi connectivity index (χ3v) is 8.83. The average molecular weight is 378 g/mol. The molecule has 0 amide bonds. The molecule has 148 valence electrons. The van der Waals surface area contributed by atoms with E-state index < -0.39 is 6.10 Å². The molecule has 3 heteroatoms. The van der Waals surface area contributed by atoms with Gasteiger partial charge < -0.3 is 5.11 Å². The Bertz CT molecular complexity index is 885. The number of aliphatic hydroxyl groups is 1. The van der Waals surface area contributed by atoms with E-state index in [4.69, 9.17) is 0 Å². The van der Waals surface area contributed by atoms with Crippen molar-refractivity contribution in [3.63, 3.8) is 0 Å². The van der Waals surface area contributed by atoms with Crippen LogP contribution in [-0.4, -0.2) is 22.0 Å². The van der Waals surface area contributed by atoms with Crippen molar-refractivity contribution >= 4 is 11.4 Å². The van der Waals surface area contributed by atoms with Crippen LogP contribution in [-0.2, 0) is 4.79 Å². The number of hydrogen-bond acceptors (Lipinski definition) is 3. The number of Topliss-reactive ketones (excluding diaryl/α,β-unsaturated/α-hetero) is 1. The Hall–Kier alpha value is -1.74. The standard InChI is InChI=1S/C25H31NO2/c1-15-11-20-22-19(24(2)8-6-18(27)12-17(24)13-21(22)28)7-9-25(20,3)23(15)16-5-4-10-26-14-16/h4-5,10,13-14,19-22,28H,6-9,11-12H2,1-3H3/t19-,20-,21?,22+,24-,25-/m0/s1. The van der Waals surface area contributed by atoms with Crippen LogP contribution in [0, 0.1) is 28.6 Å². The molecule has 0 radical (unpaired) electrons. The Morgan fingerprint density at radius 3 is 2.75 bits per heavy atom. The Labute approximate surface area is 168 Å². The van der Waals surface area contributed by atoms with Gasteiger partial charge in [-0.15, -0.1) is 0 Å². The molecule has 1 aromatic heterocycles. The van der Waals surface area contributed by atoms with E-state index in [1.807, 2.05) is 18.5 Å². The third kappa shape index (κ3) is 2.38. The van der Waals surface area contributed by atoms with Crippen molar-refractivity contribution in [2.45, 2.75) is 65.4 Å². The van der Waals surface area contributed by atoms with Crippen LogP contribution >= 0.6 is 0 Å². The topological polar surface area (TPSA) is 50.2 Å². The van der Waals surface area contributed by atoms with Crippen molar-refractivity contribution in [3.05, 3.63) is 47.3 Å². The lowest BCUT2D eigenvalue weighted by Gasteiger charge is -2.58. The van der Waals surface area contributed by atoms with Gasteiger partial charge in [0.05, 0.1) is 6.10 Å². The fourth-order valence-corrected chi connectivity index (χ4v) is 7.49. The van der Waals surface area contributed by atoms with E-state index in [9.17, 15) is 9.90 Å². The van der Waals surface area contributed by atoms with Gasteiger partial charge >= 0.3 is 0 Å². The van der Waals surface area contributed by atoms with Gasteiger partial charge in [-0.25, -0.2) is 0 Å². The second-order valence-corrected chi connectivity index (χ2v) is 10.2. The summed E-state index contributed by atoms with van der Waals surface area (Å²) in [5.41, 5.74) is 5.59. The first-order valence-corrected chi connectivity index (χ1v) is 10.9. The monoisotopic (exact) mass is 377 g/mol. The molecule has 1 unspecified atom stereocenters. The van der Waals surface area contributed by atoms with Gasteiger partial charge in [0.25, 0.3) is 0 Å². The third-order valence-electron chi connectivity index (χ3n) is 8.83. The SMILES string of the molecule is CC1=C(c2cccnc2)[C@@]2(C)CC[C@H]3[C@@H](C(O)C=C4CC(=O)CC[C@@]43C)[C@@H]2C1. The summed E-state index contributed by atoms with van der Waals surface area (Å²) in [6.07, 6.45) is 11.1. The van der Waals surface area contributed by atoms with Gasteiger partial charge in [0, 0.05) is 25.2 Å². The van der Waals surface area contributed by atoms with Gasteiger partial charge in [-0.2, -0.15) is 0 Å². The summed E-state index contributed by atoms with van der Waals surface area (Å²) in [5, 5.41) is 11.2. The number of aromatic nitrogens is 1. The van der Waals surface area contributed by atoms with Gasteiger partial charge in [-0.1, -0.05) is 37.1 Å². The summed E-state index contributed by atoms with van der Waals surface area (Å²) in [7, 11) is 0. The molecule has 1 aromatic rings. The van der Waals surface area contributed by atoms with Crippen LogP contribution in [0.4, 0.5) is 0 Å². The summed E-state index contributed by atoms with van der Waals surface area (Å²) in [6, 6.07) is 4.22. The van der Waals surface area contributed by atoms with Crippen LogP contribution in [0.1, 0.15) is 64.9 Å². The molecule has 6 atom stereocenters. The Kier molecular flexibility index (Phi) is 4.00. The van der Waals surface area contributed by atoms with E-state index in [1.54, 1.807) is 0 Å². The number of rotatable bonds is 1. The van der Waals surface area contributed by atoms with Gasteiger partial charge in [0.1, 0.15) is 5.78 Å². The molecule has 0 spiro atoms. The highest BCUT2D eigenvalue weighted by Crippen LogP contribution is 2.67. The summed E-state index contributed by atoms with van der Waals surface area (Å²) in [5.74, 6) is 1.57. The van der Waals surface area contributed by atoms with Crippen molar-refractivity contribution in [2.75, 3.05) is 0 Å². The number of pyridine rings is 1. The normalized spacial score (nSPS) is 42.6. The molecule has 5 rings (SSSR count). The maximum Gasteiger partial charge on any atom is 0.136 e. The first kappa shape index (κ1) is 18.3. The zero-order valence-electron chi connectivity index (χ0n) is 17.2.